The van der Waals surface area contributed by atoms with E-state index in [2.05, 4.69) is 21.9 Å². The molecule has 6 nitrogen and oxygen atoms in total. The first kappa shape index (κ1) is 17.9. The molecule has 3 aromatic rings. The number of hydrogen-bond donors (Lipinski definition) is 1. The number of benzene rings is 2. The summed E-state index contributed by atoms with van der Waals surface area (Å²) in [5.41, 5.74) is 2.29. The summed E-state index contributed by atoms with van der Waals surface area (Å²) in [6, 6.07) is 10.2. The van der Waals surface area contributed by atoms with Gasteiger partial charge in [0, 0.05) is 6.54 Å². The highest BCUT2D eigenvalue weighted by molar-refractivity contribution is 6.07. The fourth-order valence-electron chi connectivity index (χ4n) is 3.32. The number of nitrogens with one attached hydrogen (secondary N) is 1. The van der Waals surface area contributed by atoms with Crippen LogP contribution in [0.3, 0.4) is 0 Å². The number of carbonyl (C=O) groups is 1. The molecule has 1 amide bonds. The molecule has 4 rings (SSSR count). The van der Waals surface area contributed by atoms with E-state index in [9.17, 15) is 9.18 Å². The molecule has 0 saturated carbocycles. The second kappa shape index (κ2) is 7.64. The van der Waals surface area contributed by atoms with Crippen LogP contribution in [0.2, 0.25) is 0 Å². The quantitative estimate of drug-likeness (QED) is 0.690. The van der Waals surface area contributed by atoms with Gasteiger partial charge in [-0.25, -0.2) is 14.4 Å². The van der Waals surface area contributed by atoms with Gasteiger partial charge in [-0.3, -0.25) is 4.79 Å². The molecule has 1 aromatic heterocycles. The third-order valence-corrected chi connectivity index (χ3v) is 4.62. The molecule has 28 heavy (non-hydrogen) atoms. The lowest BCUT2D eigenvalue weighted by atomic mass is 10.1. The zero-order chi connectivity index (χ0) is 19.5. The standard InChI is InChI=1S/C21H19FN4O2/c1-2-18(27)26-10-11-28-20-17(26)7-6-16-19(20)21(25-13-24-16)23-9-8-14-4-3-5-15(22)12-14/h2-7,12-13H,1,8-11H2,(H,23,24,25). The van der Waals surface area contributed by atoms with Crippen LogP contribution in [0.15, 0.2) is 55.4 Å². The lowest BCUT2D eigenvalue weighted by Gasteiger charge is -2.29. The Kier molecular flexibility index (Phi) is 4.89. The first-order valence-corrected chi connectivity index (χ1v) is 9.00. The lowest BCUT2D eigenvalue weighted by Crippen LogP contribution is -2.36. The summed E-state index contributed by atoms with van der Waals surface area (Å²) in [6.07, 6.45) is 3.41. The van der Waals surface area contributed by atoms with E-state index in [1.807, 2.05) is 18.2 Å². The van der Waals surface area contributed by atoms with E-state index in [4.69, 9.17) is 4.74 Å². The molecule has 2 aromatic carbocycles. The zero-order valence-electron chi connectivity index (χ0n) is 15.2. The third-order valence-electron chi connectivity index (χ3n) is 4.62. The molecule has 7 heteroatoms. The van der Waals surface area contributed by atoms with E-state index in [1.165, 1.54) is 24.5 Å². The van der Waals surface area contributed by atoms with Gasteiger partial charge in [0.15, 0.2) is 5.75 Å². The van der Waals surface area contributed by atoms with Gasteiger partial charge in [0.1, 0.15) is 24.6 Å². The van der Waals surface area contributed by atoms with Crippen molar-refractivity contribution in [2.24, 2.45) is 0 Å². The van der Waals surface area contributed by atoms with Crippen LogP contribution < -0.4 is 15.0 Å². The Morgan fingerprint density at radius 2 is 2.21 bits per heavy atom. The minimum Gasteiger partial charge on any atom is -0.489 e. The molecule has 1 aliphatic rings. The van der Waals surface area contributed by atoms with E-state index < -0.39 is 0 Å². The molecule has 0 atom stereocenters. The molecule has 142 valence electrons. The van der Waals surface area contributed by atoms with Crippen molar-refractivity contribution in [1.29, 1.82) is 0 Å². The number of halogens is 1. The first-order valence-electron chi connectivity index (χ1n) is 9.00. The molecule has 0 spiro atoms. The highest BCUT2D eigenvalue weighted by Crippen LogP contribution is 2.40. The fraction of sp³-hybridized carbons (Fsp3) is 0.190. The Balaban J connectivity index is 1.65. The van der Waals surface area contributed by atoms with Gasteiger partial charge in [0.2, 0.25) is 0 Å². The average Bonchev–Trinajstić information content (AvgIpc) is 2.72. The van der Waals surface area contributed by atoms with Crippen molar-refractivity contribution in [3.63, 3.8) is 0 Å². The van der Waals surface area contributed by atoms with Gasteiger partial charge in [0.25, 0.3) is 5.91 Å². The number of carbonyl (C=O) groups excluding carboxylic acids is 1. The number of rotatable bonds is 5. The normalized spacial score (nSPS) is 13.0. The van der Waals surface area contributed by atoms with E-state index in [-0.39, 0.29) is 11.7 Å². The van der Waals surface area contributed by atoms with Crippen molar-refractivity contribution >= 4 is 28.3 Å². The monoisotopic (exact) mass is 378 g/mol. The van der Waals surface area contributed by atoms with Crippen LogP contribution in [-0.4, -0.2) is 35.6 Å². The van der Waals surface area contributed by atoms with Crippen LogP contribution in [0.25, 0.3) is 10.9 Å². The maximum Gasteiger partial charge on any atom is 0.250 e. The molecule has 0 fully saturated rings. The SMILES string of the molecule is C=CC(=O)N1CCOc2c1ccc1ncnc(NCCc3cccc(F)c3)c21. The summed E-state index contributed by atoms with van der Waals surface area (Å²) >= 11 is 0. The van der Waals surface area contributed by atoms with Gasteiger partial charge in [-0.05, 0) is 42.3 Å². The van der Waals surface area contributed by atoms with Crippen molar-refractivity contribution < 1.29 is 13.9 Å². The smallest absolute Gasteiger partial charge is 0.250 e. The van der Waals surface area contributed by atoms with Crippen LogP contribution >= 0.6 is 0 Å². The van der Waals surface area contributed by atoms with Gasteiger partial charge in [0.05, 0.1) is 23.1 Å². The zero-order valence-corrected chi connectivity index (χ0v) is 15.2. The lowest BCUT2D eigenvalue weighted by molar-refractivity contribution is -0.114. The van der Waals surface area contributed by atoms with E-state index in [0.717, 1.165) is 16.5 Å². The predicted molar refractivity (Wildman–Crippen MR) is 106 cm³/mol. The summed E-state index contributed by atoms with van der Waals surface area (Å²) in [4.78, 5) is 22.5. The molecule has 2 heterocycles. The second-order valence-electron chi connectivity index (χ2n) is 6.38. The van der Waals surface area contributed by atoms with Crippen molar-refractivity contribution in [1.82, 2.24) is 9.97 Å². The van der Waals surface area contributed by atoms with Gasteiger partial charge < -0.3 is 15.0 Å². The molecular formula is C21H19FN4O2. The Hall–Kier alpha value is -3.48. The van der Waals surface area contributed by atoms with Gasteiger partial charge in [-0.15, -0.1) is 0 Å². The van der Waals surface area contributed by atoms with Crippen LogP contribution in [0, 0.1) is 5.82 Å². The van der Waals surface area contributed by atoms with Crippen molar-refractivity contribution in [3.05, 3.63) is 66.8 Å². The Morgan fingerprint density at radius 3 is 3.04 bits per heavy atom. The summed E-state index contributed by atoms with van der Waals surface area (Å²) in [6.45, 7) is 4.97. The van der Waals surface area contributed by atoms with Gasteiger partial charge in [-0.1, -0.05) is 18.7 Å². The molecule has 0 radical (unpaired) electrons. The van der Waals surface area contributed by atoms with Crippen molar-refractivity contribution in [2.45, 2.75) is 6.42 Å². The fourth-order valence-corrected chi connectivity index (χ4v) is 3.32. The van der Waals surface area contributed by atoms with Gasteiger partial charge in [-0.2, -0.15) is 0 Å². The highest BCUT2D eigenvalue weighted by atomic mass is 19.1. The number of nitrogens with zero attached hydrogens (tertiary/aromatic N) is 3. The van der Waals surface area contributed by atoms with E-state index in [1.54, 1.807) is 11.0 Å². The molecule has 0 aliphatic carbocycles. The number of aromatic nitrogens is 2. The topological polar surface area (TPSA) is 67.4 Å². The maximum absolute atomic E-state index is 13.3. The van der Waals surface area contributed by atoms with Crippen LogP contribution in [0.1, 0.15) is 5.56 Å². The van der Waals surface area contributed by atoms with Crippen LogP contribution in [-0.2, 0) is 11.2 Å². The molecule has 0 bridgehead atoms. The minimum absolute atomic E-state index is 0.179. The minimum atomic E-state index is -0.251. The Morgan fingerprint density at radius 1 is 1.32 bits per heavy atom. The molecule has 0 saturated heterocycles. The van der Waals surface area contributed by atoms with Crippen LogP contribution in [0.4, 0.5) is 15.9 Å². The molecular weight excluding hydrogens is 359 g/mol. The Labute approximate surface area is 161 Å². The van der Waals surface area contributed by atoms with Gasteiger partial charge >= 0.3 is 0 Å². The highest BCUT2D eigenvalue weighted by Gasteiger charge is 2.25. The number of amides is 1. The molecule has 1 aliphatic heterocycles. The summed E-state index contributed by atoms with van der Waals surface area (Å²) in [5.74, 6) is 0.764. The summed E-state index contributed by atoms with van der Waals surface area (Å²) in [5, 5.41) is 4.01. The van der Waals surface area contributed by atoms with E-state index in [0.29, 0.717) is 43.4 Å². The van der Waals surface area contributed by atoms with Crippen LogP contribution in [0.5, 0.6) is 5.75 Å². The Bertz CT molecular complexity index is 1050. The average molecular weight is 378 g/mol. The van der Waals surface area contributed by atoms with Crippen molar-refractivity contribution in [3.8, 4) is 5.75 Å². The number of anilines is 2. The number of ether oxygens (including phenoxy) is 1. The third kappa shape index (κ3) is 3.38. The van der Waals surface area contributed by atoms with Crippen molar-refractivity contribution in [2.75, 3.05) is 29.9 Å². The molecule has 1 N–H and O–H groups in total. The van der Waals surface area contributed by atoms with E-state index >= 15 is 0 Å². The first-order chi connectivity index (χ1) is 13.7. The summed E-state index contributed by atoms with van der Waals surface area (Å²) in [7, 11) is 0. The molecule has 0 unspecified atom stereocenters. The largest absolute Gasteiger partial charge is 0.489 e. The second-order valence-corrected chi connectivity index (χ2v) is 6.38. The number of hydrogen-bond acceptors (Lipinski definition) is 5. The summed E-state index contributed by atoms with van der Waals surface area (Å²) < 4.78 is 19.2. The number of fused-ring (bicyclic) bond motifs is 3. The maximum atomic E-state index is 13.3. The predicted octanol–water partition coefficient (Wildman–Crippen LogP) is 3.33.